The summed E-state index contributed by atoms with van der Waals surface area (Å²) >= 11 is 5.85. The first-order valence-electron chi connectivity index (χ1n) is 6.38. The van der Waals surface area contributed by atoms with Crippen LogP contribution in [-0.4, -0.2) is 42.3 Å². The molecule has 2 rings (SSSR count). The third kappa shape index (κ3) is 3.45. The monoisotopic (exact) mass is 285 g/mol. The lowest BCUT2D eigenvalue weighted by Gasteiger charge is -2.36. The van der Waals surface area contributed by atoms with Gasteiger partial charge in [-0.05, 0) is 36.6 Å². The lowest BCUT2D eigenvalue weighted by molar-refractivity contribution is -0.144. The van der Waals surface area contributed by atoms with Gasteiger partial charge in [0, 0.05) is 18.1 Å². The normalized spacial score (nSPS) is 24.3. The lowest BCUT2D eigenvalue weighted by atomic mass is 9.80. The topological polar surface area (TPSA) is 40.5 Å². The number of hydrogen-bond donors (Lipinski definition) is 1. The number of hydrogen-bond acceptors (Lipinski definition) is 2. The van der Waals surface area contributed by atoms with Crippen LogP contribution >= 0.6 is 11.6 Å². The highest BCUT2D eigenvalue weighted by Gasteiger charge is 2.34. The third-order valence-corrected chi connectivity index (χ3v) is 3.97. The number of benzene rings is 1. The Morgan fingerprint density at radius 1 is 1.42 bits per heavy atom. The number of alkyl halides is 1. The Hall–Kier alpha value is -1.13. The molecule has 19 heavy (non-hydrogen) atoms. The van der Waals surface area contributed by atoms with E-state index in [0.29, 0.717) is 18.1 Å². The number of aliphatic carboxylic acids is 1. The van der Waals surface area contributed by atoms with Crippen LogP contribution in [0, 0.1) is 5.92 Å². The molecule has 0 bridgehead atoms. The van der Waals surface area contributed by atoms with Crippen LogP contribution in [0.4, 0.5) is 4.39 Å². The molecule has 2 atom stereocenters. The molecule has 0 saturated carbocycles. The Balaban J connectivity index is 2.15. The molecule has 1 aliphatic rings. The molecule has 104 valence electrons. The highest BCUT2D eigenvalue weighted by molar-refractivity contribution is 6.30. The average molecular weight is 286 g/mol. The molecule has 1 heterocycles. The van der Waals surface area contributed by atoms with Gasteiger partial charge in [0.05, 0.1) is 5.92 Å². The van der Waals surface area contributed by atoms with E-state index in [4.69, 9.17) is 11.6 Å². The first-order chi connectivity index (χ1) is 9.11. The van der Waals surface area contributed by atoms with Gasteiger partial charge in [-0.15, -0.1) is 0 Å². The first-order valence-corrected chi connectivity index (χ1v) is 6.76. The number of halogens is 2. The molecule has 1 fully saturated rings. The van der Waals surface area contributed by atoms with Crippen LogP contribution in [0.15, 0.2) is 24.3 Å². The SMILES string of the molecule is O=C(O)[C@@H]1CN(CCF)CC[C@H]1c1ccc(Cl)cc1. The summed E-state index contributed by atoms with van der Waals surface area (Å²) < 4.78 is 12.4. The highest BCUT2D eigenvalue weighted by Crippen LogP contribution is 2.33. The quantitative estimate of drug-likeness (QED) is 0.925. The van der Waals surface area contributed by atoms with Crippen molar-refractivity contribution in [3.8, 4) is 0 Å². The average Bonchev–Trinajstić information content (AvgIpc) is 2.40. The smallest absolute Gasteiger partial charge is 0.308 e. The molecule has 1 aromatic rings. The molecule has 0 amide bonds. The fourth-order valence-electron chi connectivity index (χ4n) is 2.70. The van der Waals surface area contributed by atoms with Gasteiger partial charge < -0.3 is 5.11 Å². The van der Waals surface area contributed by atoms with Crippen molar-refractivity contribution in [2.45, 2.75) is 12.3 Å². The van der Waals surface area contributed by atoms with Crippen LogP contribution in [0.25, 0.3) is 0 Å². The van der Waals surface area contributed by atoms with Crippen LogP contribution < -0.4 is 0 Å². The molecule has 1 saturated heterocycles. The van der Waals surface area contributed by atoms with E-state index in [9.17, 15) is 14.3 Å². The first kappa shape index (κ1) is 14.3. The molecule has 0 aliphatic carbocycles. The Bertz CT molecular complexity index is 438. The van der Waals surface area contributed by atoms with Gasteiger partial charge in [-0.1, -0.05) is 23.7 Å². The van der Waals surface area contributed by atoms with Gasteiger partial charge in [0.1, 0.15) is 6.67 Å². The van der Waals surface area contributed by atoms with Crippen molar-refractivity contribution < 1.29 is 14.3 Å². The van der Waals surface area contributed by atoms with Crippen molar-refractivity contribution >= 4 is 17.6 Å². The van der Waals surface area contributed by atoms with Gasteiger partial charge >= 0.3 is 5.97 Å². The Kier molecular flexibility index (Phi) is 4.77. The maximum atomic E-state index is 12.4. The molecule has 5 heteroatoms. The van der Waals surface area contributed by atoms with E-state index in [1.165, 1.54) is 0 Å². The Morgan fingerprint density at radius 2 is 2.11 bits per heavy atom. The maximum absolute atomic E-state index is 12.4. The Labute approximate surface area is 117 Å². The summed E-state index contributed by atoms with van der Waals surface area (Å²) in [4.78, 5) is 13.3. The number of nitrogens with zero attached hydrogens (tertiary/aromatic N) is 1. The molecular weight excluding hydrogens is 269 g/mol. The summed E-state index contributed by atoms with van der Waals surface area (Å²) in [6, 6.07) is 7.33. The zero-order chi connectivity index (χ0) is 13.8. The summed E-state index contributed by atoms with van der Waals surface area (Å²) in [5, 5.41) is 10.0. The molecule has 0 radical (unpaired) electrons. The van der Waals surface area contributed by atoms with Crippen LogP contribution in [-0.2, 0) is 4.79 Å². The van der Waals surface area contributed by atoms with Gasteiger partial charge in [0.15, 0.2) is 0 Å². The van der Waals surface area contributed by atoms with Crippen molar-refractivity contribution in [2.24, 2.45) is 5.92 Å². The largest absolute Gasteiger partial charge is 0.481 e. The van der Waals surface area contributed by atoms with E-state index in [1.807, 2.05) is 17.0 Å². The Morgan fingerprint density at radius 3 is 2.68 bits per heavy atom. The van der Waals surface area contributed by atoms with E-state index in [2.05, 4.69) is 0 Å². The molecule has 0 spiro atoms. The number of carboxylic acids is 1. The number of carboxylic acid groups (broad SMARTS) is 1. The molecule has 1 aromatic carbocycles. The maximum Gasteiger partial charge on any atom is 0.308 e. The molecule has 1 N–H and O–H groups in total. The van der Waals surface area contributed by atoms with Crippen molar-refractivity contribution in [3.05, 3.63) is 34.9 Å². The van der Waals surface area contributed by atoms with Crippen LogP contribution in [0.5, 0.6) is 0 Å². The summed E-state index contributed by atoms with van der Waals surface area (Å²) in [5.74, 6) is -1.32. The second kappa shape index (κ2) is 6.35. The van der Waals surface area contributed by atoms with E-state index in [-0.39, 0.29) is 5.92 Å². The zero-order valence-corrected chi connectivity index (χ0v) is 11.3. The lowest BCUT2D eigenvalue weighted by Crippen LogP contribution is -2.43. The van der Waals surface area contributed by atoms with Crippen molar-refractivity contribution in [2.75, 3.05) is 26.3 Å². The van der Waals surface area contributed by atoms with E-state index in [1.54, 1.807) is 12.1 Å². The summed E-state index contributed by atoms with van der Waals surface area (Å²) in [6.45, 7) is 1.03. The van der Waals surface area contributed by atoms with Gasteiger partial charge in [0.25, 0.3) is 0 Å². The minimum Gasteiger partial charge on any atom is -0.481 e. The third-order valence-electron chi connectivity index (χ3n) is 3.71. The summed E-state index contributed by atoms with van der Waals surface area (Å²) in [5.41, 5.74) is 0.997. The van der Waals surface area contributed by atoms with Crippen LogP contribution in [0.2, 0.25) is 5.02 Å². The predicted molar refractivity (Wildman–Crippen MR) is 72.4 cm³/mol. The molecular formula is C14H17ClFNO2. The number of rotatable bonds is 4. The molecule has 1 aliphatic heterocycles. The van der Waals surface area contributed by atoms with E-state index >= 15 is 0 Å². The number of carbonyl (C=O) groups is 1. The zero-order valence-electron chi connectivity index (χ0n) is 10.6. The van der Waals surface area contributed by atoms with Crippen molar-refractivity contribution in [1.29, 1.82) is 0 Å². The minimum atomic E-state index is -0.816. The van der Waals surface area contributed by atoms with E-state index < -0.39 is 18.6 Å². The molecule has 0 aromatic heterocycles. The molecule has 0 unspecified atom stereocenters. The second-order valence-corrected chi connectivity index (χ2v) is 5.32. The van der Waals surface area contributed by atoms with Gasteiger partial charge in [-0.3, -0.25) is 9.69 Å². The van der Waals surface area contributed by atoms with Crippen LogP contribution in [0.3, 0.4) is 0 Å². The van der Waals surface area contributed by atoms with Gasteiger partial charge in [-0.25, -0.2) is 4.39 Å². The fraction of sp³-hybridized carbons (Fsp3) is 0.500. The van der Waals surface area contributed by atoms with Crippen molar-refractivity contribution in [1.82, 2.24) is 4.90 Å². The van der Waals surface area contributed by atoms with Gasteiger partial charge in [0.2, 0.25) is 0 Å². The van der Waals surface area contributed by atoms with Crippen LogP contribution in [0.1, 0.15) is 17.9 Å². The summed E-state index contributed by atoms with van der Waals surface area (Å²) in [6.07, 6.45) is 0.735. The summed E-state index contributed by atoms with van der Waals surface area (Å²) in [7, 11) is 0. The number of likely N-dealkylation sites (tertiary alicyclic amines) is 1. The van der Waals surface area contributed by atoms with Crippen molar-refractivity contribution in [3.63, 3.8) is 0 Å². The molecule has 3 nitrogen and oxygen atoms in total. The standard InChI is InChI=1S/C14H17ClFNO2/c15-11-3-1-10(2-4-11)12-5-7-17(8-6-16)9-13(12)14(18)19/h1-4,12-13H,5-9H2,(H,18,19)/t12-,13+/m0/s1. The predicted octanol–water partition coefficient (Wildman–Crippen LogP) is 2.80. The second-order valence-electron chi connectivity index (χ2n) is 4.88. The minimum absolute atomic E-state index is 0.0226. The number of piperidine rings is 1. The van der Waals surface area contributed by atoms with E-state index in [0.717, 1.165) is 18.5 Å². The fourth-order valence-corrected chi connectivity index (χ4v) is 2.83. The highest BCUT2D eigenvalue weighted by atomic mass is 35.5. The van der Waals surface area contributed by atoms with Gasteiger partial charge in [-0.2, -0.15) is 0 Å².